The molecule has 0 radical (unpaired) electrons. The third kappa shape index (κ3) is 0.358. The van der Waals surface area contributed by atoms with Crippen LogP contribution in [0.1, 0.15) is 33.6 Å². The number of hydrogen-bond acceptors (Lipinski definition) is 1. The van der Waals surface area contributed by atoms with E-state index >= 15 is 0 Å². The first-order valence-electron chi connectivity index (χ1n) is 4.66. The predicted molar refractivity (Wildman–Crippen MR) is 43.1 cm³/mol. The second-order valence-corrected chi connectivity index (χ2v) is 5.56. The van der Waals surface area contributed by atoms with E-state index in [2.05, 4.69) is 20.8 Å². The highest BCUT2D eigenvalue weighted by atomic mass is 16.3. The van der Waals surface area contributed by atoms with Crippen LogP contribution < -0.4 is 0 Å². The molecule has 0 aliphatic heterocycles. The molecule has 0 aromatic carbocycles. The van der Waals surface area contributed by atoms with Crippen LogP contribution in [0.4, 0.5) is 0 Å². The zero-order valence-corrected chi connectivity index (χ0v) is 7.52. The van der Waals surface area contributed by atoms with Crippen LogP contribution in [0, 0.1) is 22.7 Å². The zero-order chi connectivity index (χ0) is 8.07. The molecular formula is C10H16O. The normalized spacial score (nSPS) is 68.7. The summed E-state index contributed by atoms with van der Waals surface area (Å²) in [4.78, 5) is 0. The second kappa shape index (κ2) is 1.19. The van der Waals surface area contributed by atoms with Gasteiger partial charge in [-0.05, 0) is 35.5 Å². The lowest BCUT2D eigenvalue weighted by atomic mass is 9.73. The Hall–Kier alpha value is -0.0400. The van der Waals surface area contributed by atoms with E-state index in [1.807, 2.05) is 0 Å². The van der Waals surface area contributed by atoms with Crippen LogP contribution in [-0.2, 0) is 0 Å². The number of hydrogen-bond donors (Lipinski definition) is 1. The van der Waals surface area contributed by atoms with E-state index in [4.69, 9.17) is 0 Å². The Labute approximate surface area is 67.8 Å². The molecule has 0 amide bonds. The molecular weight excluding hydrogens is 136 g/mol. The molecule has 0 aromatic rings. The van der Waals surface area contributed by atoms with E-state index in [9.17, 15) is 5.11 Å². The van der Waals surface area contributed by atoms with Crippen molar-refractivity contribution in [3.05, 3.63) is 0 Å². The van der Waals surface area contributed by atoms with Gasteiger partial charge in [-0.25, -0.2) is 0 Å². The fraction of sp³-hybridized carbons (Fsp3) is 1.00. The molecule has 4 rings (SSSR count). The standard InChI is InChI=1S/C10H16O/c1-8(2)9(3)6-4-10(8,11)5-7(6)9/h6-7,11H,4-5H2,1-3H3/t6-,7+,9?,10?. The Bertz CT molecular complexity index is 223. The first kappa shape index (κ1) is 6.47. The minimum absolute atomic E-state index is 0.190. The molecule has 1 N–H and O–H groups in total. The van der Waals surface area contributed by atoms with E-state index in [0.717, 1.165) is 24.7 Å². The van der Waals surface area contributed by atoms with Crippen molar-refractivity contribution in [3.63, 3.8) is 0 Å². The molecule has 2 unspecified atom stereocenters. The van der Waals surface area contributed by atoms with Gasteiger partial charge in [-0.1, -0.05) is 20.8 Å². The van der Waals surface area contributed by atoms with Crippen molar-refractivity contribution in [2.24, 2.45) is 22.7 Å². The summed E-state index contributed by atoms with van der Waals surface area (Å²) in [6.45, 7) is 6.87. The van der Waals surface area contributed by atoms with Gasteiger partial charge in [-0.3, -0.25) is 0 Å². The van der Waals surface area contributed by atoms with Gasteiger partial charge >= 0.3 is 0 Å². The van der Waals surface area contributed by atoms with Crippen molar-refractivity contribution < 1.29 is 5.11 Å². The lowest BCUT2D eigenvalue weighted by molar-refractivity contribution is -0.0395. The smallest absolute Gasteiger partial charge is 0.0709 e. The van der Waals surface area contributed by atoms with E-state index in [1.54, 1.807) is 0 Å². The topological polar surface area (TPSA) is 20.2 Å². The summed E-state index contributed by atoms with van der Waals surface area (Å²) in [5.74, 6) is 1.73. The first-order chi connectivity index (χ1) is 4.93. The molecule has 0 saturated heterocycles. The average Bonchev–Trinajstić information content (AvgIpc) is 2.20. The van der Waals surface area contributed by atoms with Gasteiger partial charge in [0, 0.05) is 0 Å². The predicted octanol–water partition coefficient (Wildman–Crippen LogP) is 1.80. The van der Waals surface area contributed by atoms with Crippen LogP contribution in [0.5, 0.6) is 0 Å². The van der Waals surface area contributed by atoms with Crippen LogP contribution in [-0.4, -0.2) is 10.7 Å². The fourth-order valence-corrected chi connectivity index (χ4v) is 4.16. The van der Waals surface area contributed by atoms with Crippen molar-refractivity contribution in [1.82, 2.24) is 0 Å². The Morgan fingerprint density at radius 1 is 1.09 bits per heavy atom. The molecule has 4 fully saturated rings. The molecule has 11 heavy (non-hydrogen) atoms. The van der Waals surface area contributed by atoms with Crippen molar-refractivity contribution in [2.45, 2.75) is 39.2 Å². The molecule has 0 aromatic heterocycles. The Balaban J connectivity index is 2.20. The van der Waals surface area contributed by atoms with Crippen LogP contribution in [0.15, 0.2) is 0 Å². The lowest BCUT2D eigenvalue weighted by Gasteiger charge is -2.36. The summed E-state index contributed by atoms with van der Waals surface area (Å²) in [7, 11) is 0. The van der Waals surface area contributed by atoms with Gasteiger partial charge in [0.05, 0.1) is 5.60 Å². The third-order valence-corrected chi connectivity index (χ3v) is 5.54. The van der Waals surface area contributed by atoms with Crippen LogP contribution in [0.2, 0.25) is 0 Å². The maximum absolute atomic E-state index is 10.3. The summed E-state index contributed by atoms with van der Waals surface area (Å²) in [5.41, 5.74) is 0.397. The van der Waals surface area contributed by atoms with E-state index in [1.165, 1.54) is 0 Å². The quantitative estimate of drug-likeness (QED) is 0.561. The van der Waals surface area contributed by atoms with E-state index in [0.29, 0.717) is 5.41 Å². The molecule has 1 heteroatoms. The largest absolute Gasteiger partial charge is 0.389 e. The highest BCUT2D eigenvalue weighted by Crippen LogP contribution is 2.87. The second-order valence-electron chi connectivity index (χ2n) is 5.56. The molecule has 1 nitrogen and oxygen atoms in total. The van der Waals surface area contributed by atoms with Gasteiger partial charge in [0.15, 0.2) is 0 Å². The maximum atomic E-state index is 10.3. The number of aliphatic hydroxyl groups is 1. The molecule has 0 heterocycles. The van der Waals surface area contributed by atoms with Gasteiger partial charge in [0.25, 0.3) is 0 Å². The van der Waals surface area contributed by atoms with Crippen LogP contribution >= 0.6 is 0 Å². The van der Waals surface area contributed by atoms with Crippen molar-refractivity contribution >= 4 is 0 Å². The molecule has 4 aliphatic rings. The van der Waals surface area contributed by atoms with Crippen molar-refractivity contribution in [2.75, 3.05) is 0 Å². The van der Waals surface area contributed by atoms with Gasteiger partial charge < -0.3 is 5.11 Å². The molecule has 62 valence electrons. The summed E-state index contributed by atoms with van der Waals surface area (Å²) in [6, 6.07) is 0. The average molecular weight is 152 g/mol. The summed E-state index contributed by atoms with van der Waals surface area (Å²) in [5, 5.41) is 10.3. The van der Waals surface area contributed by atoms with Crippen molar-refractivity contribution in [3.8, 4) is 0 Å². The lowest BCUT2D eigenvalue weighted by Crippen LogP contribution is -2.39. The fourth-order valence-electron chi connectivity index (χ4n) is 4.16. The molecule has 0 spiro atoms. The highest BCUT2D eigenvalue weighted by molar-refractivity contribution is 5.34. The van der Waals surface area contributed by atoms with E-state index < -0.39 is 0 Å². The molecule has 4 bridgehead atoms. The zero-order valence-electron chi connectivity index (χ0n) is 7.52. The summed E-state index contributed by atoms with van der Waals surface area (Å²) >= 11 is 0. The third-order valence-electron chi connectivity index (χ3n) is 5.54. The van der Waals surface area contributed by atoms with Gasteiger partial charge in [-0.15, -0.1) is 0 Å². The molecule has 4 aliphatic carbocycles. The Morgan fingerprint density at radius 2 is 1.55 bits per heavy atom. The maximum Gasteiger partial charge on any atom is 0.0709 e. The SMILES string of the molecule is CC12[C@@H]3CC(O)(C[C@@H]31)C2(C)C. The minimum Gasteiger partial charge on any atom is -0.389 e. The van der Waals surface area contributed by atoms with Gasteiger partial charge in [0.1, 0.15) is 0 Å². The van der Waals surface area contributed by atoms with Crippen LogP contribution in [0.3, 0.4) is 0 Å². The number of rotatable bonds is 0. The van der Waals surface area contributed by atoms with E-state index in [-0.39, 0.29) is 11.0 Å². The Morgan fingerprint density at radius 3 is 1.64 bits per heavy atom. The Kier molecular flexibility index (Phi) is 0.698. The van der Waals surface area contributed by atoms with Crippen molar-refractivity contribution in [1.29, 1.82) is 0 Å². The minimum atomic E-state index is -0.295. The monoisotopic (exact) mass is 152 g/mol. The molecule has 4 atom stereocenters. The first-order valence-corrected chi connectivity index (χ1v) is 4.66. The van der Waals surface area contributed by atoms with Gasteiger partial charge in [0.2, 0.25) is 0 Å². The highest BCUT2D eigenvalue weighted by Gasteiger charge is 2.85. The summed E-state index contributed by atoms with van der Waals surface area (Å²) in [6.07, 6.45) is 2.17. The van der Waals surface area contributed by atoms with Crippen LogP contribution in [0.25, 0.3) is 0 Å². The summed E-state index contributed by atoms with van der Waals surface area (Å²) < 4.78 is 0. The van der Waals surface area contributed by atoms with Gasteiger partial charge in [-0.2, -0.15) is 0 Å². The molecule has 4 saturated carbocycles.